The van der Waals surface area contributed by atoms with E-state index in [-0.39, 0.29) is 11.9 Å². The number of aromatic nitrogens is 1. The molecule has 46 heavy (non-hydrogen) atoms. The highest BCUT2D eigenvalue weighted by molar-refractivity contribution is 5.98. The van der Waals surface area contributed by atoms with Gasteiger partial charge in [0, 0.05) is 51.3 Å². The molecular formula is C39H46N4O3. The van der Waals surface area contributed by atoms with Crippen molar-refractivity contribution in [3.05, 3.63) is 131 Å². The van der Waals surface area contributed by atoms with Gasteiger partial charge in [-0.05, 0) is 53.6 Å². The van der Waals surface area contributed by atoms with E-state index in [4.69, 9.17) is 9.40 Å². The summed E-state index contributed by atoms with van der Waals surface area (Å²) in [6.07, 6.45) is 0.192. The van der Waals surface area contributed by atoms with Crippen LogP contribution in [0, 0.1) is 5.92 Å². The van der Waals surface area contributed by atoms with Gasteiger partial charge in [-0.1, -0.05) is 105 Å². The minimum atomic E-state index is -0.770. The van der Waals surface area contributed by atoms with Gasteiger partial charge in [-0.3, -0.25) is 9.69 Å². The average molecular weight is 619 g/mol. The molecule has 4 aromatic carbocycles. The highest BCUT2D eigenvalue weighted by atomic mass is 16.4. The van der Waals surface area contributed by atoms with Gasteiger partial charge < -0.3 is 19.7 Å². The monoisotopic (exact) mass is 618 g/mol. The molecule has 0 spiro atoms. The SMILES string of the molecule is CCN(C)c1nc2c(C[C@@H](O)[C@H](Cc3ccccc3)N(Cc3ccccc3)Cc3ccccc3)cc(C(=O)NCC(C)C)cc2o1. The van der Waals surface area contributed by atoms with Crippen LogP contribution in [0.4, 0.5) is 6.01 Å². The normalized spacial score (nSPS) is 12.8. The Morgan fingerprint density at radius 1 is 0.848 bits per heavy atom. The molecule has 7 nitrogen and oxygen atoms in total. The molecule has 0 aliphatic heterocycles. The number of carbonyl (C=O) groups excluding carboxylic acids is 1. The van der Waals surface area contributed by atoms with Gasteiger partial charge in [0.15, 0.2) is 5.58 Å². The van der Waals surface area contributed by atoms with Gasteiger partial charge in [0.2, 0.25) is 0 Å². The van der Waals surface area contributed by atoms with Crippen molar-refractivity contribution in [2.75, 3.05) is 25.0 Å². The predicted octanol–water partition coefficient (Wildman–Crippen LogP) is 6.89. The molecule has 5 rings (SSSR count). The van der Waals surface area contributed by atoms with Crippen LogP contribution >= 0.6 is 0 Å². The lowest BCUT2D eigenvalue weighted by Gasteiger charge is -2.35. The second kappa shape index (κ2) is 15.7. The molecule has 0 fully saturated rings. The zero-order chi connectivity index (χ0) is 32.5. The summed E-state index contributed by atoms with van der Waals surface area (Å²) in [6, 6.07) is 35.0. The van der Waals surface area contributed by atoms with E-state index in [1.54, 1.807) is 6.07 Å². The van der Waals surface area contributed by atoms with Gasteiger partial charge in [-0.25, -0.2) is 0 Å². The van der Waals surface area contributed by atoms with Crippen LogP contribution < -0.4 is 10.2 Å². The summed E-state index contributed by atoms with van der Waals surface area (Å²) < 4.78 is 6.16. The number of aliphatic hydroxyl groups is 1. The Kier molecular flexibility index (Phi) is 11.2. The summed E-state index contributed by atoms with van der Waals surface area (Å²) in [5, 5.41) is 15.3. The number of benzene rings is 4. The van der Waals surface area contributed by atoms with Crippen LogP contribution in [0.2, 0.25) is 0 Å². The summed E-state index contributed by atoms with van der Waals surface area (Å²) in [7, 11) is 1.93. The highest BCUT2D eigenvalue weighted by Gasteiger charge is 2.29. The number of nitrogens with one attached hydrogen (secondary N) is 1. The van der Waals surface area contributed by atoms with Crippen LogP contribution in [-0.4, -0.2) is 53.2 Å². The molecule has 1 heterocycles. The van der Waals surface area contributed by atoms with E-state index in [9.17, 15) is 9.90 Å². The third-order valence-electron chi connectivity index (χ3n) is 8.38. The highest BCUT2D eigenvalue weighted by Crippen LogP contribution is 2.29. The molecular weight excluding hydrogens is 572 g/mol. The number of oxazole rings is 1. The maximum Gasteiger partial charge on any atom is 0.298 e. The van der Waals surface area contributed by atoms with E-state index in [1.165, 1.54) is 11.1 Å². The summed E-state index contributed by atoms with van der Waals surface area (Å²) in [5.74, 6) is 0.159. The number of hydrogen-bond acceptors (Lipinski definition) is 6. The Hall–Kier alpha value is -4.46. The molecule has 5 aromatic rings. The van der Waals surface area contributed by atoms with Crippen molar-refractivity contribution < 1.29 is 14.3 Å². The maximum absolute atomic E-state index is 13.3. The van der Waals surface area contributed by atoms with Crippen molar-refractivity contribution in [2.24, 2.45) is 5.92 Å². The van der Waals surface area contributed by atoms with E-state index in [0.29, 0.717) is 61.1 Å². The molecule has 0 aliphatic rings. The van der Waals surface area contributed by atoms with Crippen molar-refractivity contribution in [2.45, 2.75) is 58.8 Å². The van der Waals surface area contributed by atoms with Crippen molar-refractivity contribution in [3.63, 3.8) is 0 Å². The quantitative estimate of drug-likeness (QED) is 0.133. The van der Waals surface area contributed by atoms with E-state index < -0.39 is 6.10 Å². The van der Waals surface area contributed by atoms with Crippen LogP contribution in [0.3, 0.4) is 0 Å². The molecule has 0 bridgehead atoms. The fraction of sp³-hybridized carbons (Fsp3) is 0.333. The summed E-state index contributed by atoms with van der Waals surface area (Å²) in [5.41, 5.74) is 6.01. The van der Waals surface area contributed by atoms with Crippen LogP contribution in [0.15, 0.2) is 108 Å². The summed E-state index contributed by atoms with van der Waals surface area (Å²) >= 11 is 0. The number of nitrogens with zero attached hydrogens (tertiary/aromatic N) is 3. The number of fused-ring (bicyclic) bond motifs is 1. The smallest absolute Gasteiger partial charge is 0.298 e. The van der Waals surface area contributed by atoms with Crippen LogP contribution in [0.25, 0.3) is 11.1 Å². The van der Waals surface area contributed by atoms with Crippen LogP contribution in [0.5, 0.6) is 0 Å². The second-order valence-corrected chi connectivity index (χ2v) is 12.5. The fourth-order valence-corrected chi connectivity index (χ4v) is 5.72. The summed E-state index contributed by atoms with van der Waals surface area (Å²) in [6.45, 7) is 8.81. The molecule has 1 amide bonds. The zero-order valence-electron chi connectivity index (χ0n) is 27.4. The van der Waals surface area contributed by atoms with Crippen molar-refractivity contribution in [3.8, 4) is 0 Å². The minimum Gasteiger partial charge on any atom is -0.423 e. The first-order chi connectivity index (χ1) is 22.3. The Labute approximate surface area is 272 Å². The number of anilines is 1. The first-order valence-corrected chi connectivity index (χ1v) is 16.3. The van der Waals surface area contributed by atoms with Gasteiger partial charge >= 0.3 is 0 Å². The lowest BCUT2D eigenvalue weighted by Crippen LogP contribution is -2.45. The Balaban J connectivity index is 1.54. The van der Waals surface area contributed by atoms with E-state index >= 15 is 0 Å². The molecule has 0 saturated heterocycles. The number of aliphatic hydroxyl groups excluding tert-OH is 1. The largest absolute Gasteiger partial charge is 0.423 e. The number of hydrogen-bond donors (Lipinski definition) is 2. The van der Waals surface area contributed by atoms with E-state index in [2.05, 4.69) is 84.7 Å². The molecule has 0 radical (unpaired) electrons. The van der Waals surface area contributed by atoms with Crippen molar-refractivity contribution in [1.82, 2.24) is 15.2 Å². The third kappa shape index (κ3) is 8.62. The lowest BCUT2D eigenvalue weighted by atomic mass is 9.93. The Morgan fingerprint density at radius 2 is 1.41 bits per heavy atom. The van der Waals surface area contributed by atoms with Gasteiger partial charge in [-0.2, -0.15) is 4.98 Å². The maximum atomic E-state index is 13.3. The van der Waals surface area contributed by atoms with E-state index in [1.807, 2.05) is 55.3 Å². The number of rotatable bonds is 15. The predicted molar refractivity (Wildman–Crippen MR) is 186 cm³/mol. The minimum absolute atomic E-state index is 0.163. The fourth-order valence-electron chi connectivity index (χ4n) is 5.72. The van der Waals surface area contributed by atoms with Crippen molar-refractivity contribution >= 4 is 23.0 Å². The first kappa shape index (κ1) is 32.9. The Bertz CT molecular complexity index is 1630. The van der Waals surface area contributed by atoms with E-state index in [0.717, 1.165) is 17.7 Å². The first-order valence-electron chi connectivity index (χ1n) is 16.3. The second-order valence-electron chi connectivity index (χ2n) is 12.5. The van der Waals surface area contributed by atoms with Gasteiger partial charge in [0.1, 0.15) is 5.52 Å². The molecule has 0 unspecified atom stereocenters. The van der Waals surface area contributed by atoms with Crippen LogP contribution in [0.1, 0.15) is 53.4 Å². The zero-order valence-corrected chi connectivity index (χ0v) is 27.4. The molecule has 1 aromatic heterocycles. The average Bonchev–Trinajstić information content (AvgIpc) is 3.52. The lowest BCUT2D eigenvalue weighted by molar-refractivity contribution is 0.0396. The van der Waals surface area contributed by atoms with Gasteiger partial charge in [0.05, 0.1) is 6.10 Å². The standard InChI is InChI=1S/C39H46N4O3/c1-5-42(4)39-41-37-32(22-33(24-36(37)46-39)38(45)40-25-28(2)3)23-35(44)34(21-29-15-9-6-10-16-29)43(26-30-17-11-7-12-18-30)27-31-19-13-8-14-20-31/h6-20,22,24,28,34-35,44H,5,21,23,25-27H2,1-4H3,(H,40,45)/t34-,35+/m0/s1. The molecule has 240 valence electrons. The molecule has 2 atom stereocenters. The molecule has 2 N–H and O–H groups in total. The molecule has 0 aliphatic carbocycles. The molecule has 7 heteroatoms. The number of amides is 1. The number of carbonyl (C=O) groups is 1. The topological polar surface area (TPSA) is 81.8 Å². The van der Waals surface area contributed by atoms with Gasteiger partial charge in [-0.15, -0.1) is 0 Å². The summed E-state index contributed by atoms with van der Waals surface area (Å²) in [4.78, 5) is 22.4. The van der Waals surface area contributed by atoms with Crippen molar-refractivity contribution in [1.29, 1.82) is 0 Å². The van der Waals surface area contributed by atoms with Crippen LogP contribution in [-0.2, 0) is 25.9 Å². The Morgan fingerprint density at radius 3 is 1.96 bits per heavy atom. The van der Waals surface area contributed by atoms with Gasteiger partial charge in [0.25, 0.3) is 11.9 Å². The third-order valence-corrected chi connectivity index (χ3v) is 8.38. The molecule has 0 saturated carbocycles.